The van der Waals surface area contributed by atoms with Crippen molar-refractivity contribution in [2.75, 3.05) is 13.2 Å². The Morgan fingerprint density at radius 1 is 1.25 bits per heavy atom. The van der Waals surface area contributed by atoms with Gasteiger partial charge in [0.2, 0.25) is 0 Å². The number of carbonyl (C=O) groups is 2. The molecule has 0 radical (unpaired) electrons. The predicted octanol–water partition coefficient (Wildman–Crippen LogP) is 0.747. The maximum Gasteiger partial charge on any atom is 0.344 e. The molecule has 0 unspecified atom stereocenters. The number of amides is 1. The molecule has 0 aliphatic heterocycles. The molecule has 0 bridgehead atoms. The van der Waals surface area contributed by atoms with Crippen molar-refractivity contribution < 1.29 is 19.1 Å². The number of carbonyl (C=O) groups excluding carboxylic acids is 2. The molecule has 6 heteroatoms. The van der Waals surface area contributed by atoms with Gasteiger partial charge in [0.25, 0.3) is 5.91 Å². The van der Waals surface area contributed by atoms with Crippen LogP contribution < -0.4 is 10.5 Å². The number of hydrogen-bond donors (Lipinski definition) is 1. The third kappa shape index (κ3) is 4.18. The molecule has 16 heavy (non-hydrogen) atoms. The highest BCUT2D eigenvalue weighted by molar-refractivity contribution is 6.32. The van der Waals surface area contributed by atoms with Crippen molar-refractivity contribution in [3.8, 4) is 5.75 Å². The van der Waals surface area contributed by atoms with Gasteiger partial charge in [-0.2, -0.15) is 0 Å². The fourth-order valence-electron chi connectivity index (χ4n) is 0.892. The predicted molar refractivity (Wildman–Crippen MR) is 57.1 cm³/mol. The summed E-state index contributed by atoms with van der Waals surface area (Å²) in [4.78, 5) is 21.3. The Morgan fingerprint density at radius 2 is 1.94 bits per heavy atom. The van der Waals surface area contributed by atoms with Gasteiger partial charge in [-0.05, 0) is 12.1 Å². The second-order valence-corrected chi connectivity index (χ2v) is 3.25. The number of rotatable bonds is 5. The number of primary amides is 1. The number of ether oxygens (including phenoxy) is 2. The highest BCUT2D eigenvalue weighted by Gasteiger charge is 2.07. The summed E-state index contributed by atoms with van der Waals surface area (Å²) in [5, 5.41) is 0.394. The normalized spacial score (nSPS) is 9.56. The Hall–Kier alpha value is -1.75. The number of halogens is 1. The number of hydrogen-bond acceptors (Lipinski definition) is 4. The van der Waals surface area contributed by atoms with E-state index in [9.17, 15) is 9.59 Å². The average Bonchev–Trinajstić information content (AvgIpc) is 2.25. The van der Waals surface area contributed by atoms with Gasteiger partial charge >= 0.3 is 5.97 Å². The lowest BCUT2D eigenvalue weighted by atomic mass is 10.3. The van der Waals surface area contributed by atoms with Gasteiger partial charge in [0.15, 0.2) is 13.2 Å². The molecule has 0 atom stereocenters. The Bertz CT molecular complexity index is 394. The zero-order valence-electron chi connectivity index (χ0n) is 8.31. The minimum Gasteiger partial charge on any atom is -0.480 e. The Kier molecular flexibility index (Phi) is 4.60. The van der Waals surface area contributed by atoms with Crippen LogP contribution in [0.1, 0.15) is 0 Å². The summed E-state index contributed by atoms with van der Waals surface area (Å²) < 4.78 is 9.56. The van der Waals surface area contributed by atoms with E-state index in [1.165, 1.54) is 0 Å². The van der Waals surface area contributed by atoms with E-state index >= 15 is 0 Å². The van der Waals surface area contributed by atoms with Gasteiger partial charge in [-0.1, -0.05) is 23.7 Å². The first kappa shape index (κ1) is 12.3. The first-order valence-corrected chi connectivity index (χ1v) is 4.78. The average molecular weight is 244 g/mol. The lowest BCUT2D eigenvalue weighted by molar-refractivity contribution is -0.149. The van der Waals surface area contributed by atoms with Gasteiger partial charge in [-0.3, -0.25) is 4.79 Å². The summed E-state index contributed by atoms with van der Waals surface area (Å²) in [6, 6.07) is 6.70. The van der Waals surface area contributed by atoms with Crippen molar-refractivity contribution in [2.45, 2.75) is 0 Å². The lowest BCUT2D eigenvalue weighted by Crippen LogP contribution is -2.23. The molecule has 0 aromatic heterocycles. The monoisotopic (exact) mass is 243 g/mol. The Balaban J connectivity index is 2.37. The van der Waals surface area contributed by atoms with E-state index in [1.807, 2.05) is 0 Å². The van der Waals surface area contributed by atoms with Gasteiger partial charge in [0, 0.05) is 0 Å². The van der Waals surface area contributed by atoms with Crippen LogP contribution in [0.15, 0.2) is 24.3 Å². The van der Waals surface area contributed by atoms with Crippen LogP contribution in [-0.4, -0.2) is 25.1 Å². The fraction of sp³-hybridized carbons (Fsp3) is 0.200. The second kappa shape index (κ2) is 5.97. The molecule has 1 aromatic carbocycles. The second-order valence-electron chi connectivity index (χ2n) is 2.85. The van der Waals surface area contributed by atoms with Crippen molar-refractivity contribution in [3.63, 3.8) is 0 Å². The topological polar surface area (TPSA) is 78.6 Å². The lowest BCUT2D eigenvalue weighted by Gasteiger charge is -2.06. The molecule has 0 aliphatic carbocycles. The molecular formula is C10H10ClNO4. The van der Waals surface area contributed by atoms with E-state index in [1.54, 1.807) is 24.3 Å². The van der Waals surface area contributed by atoms with Gasteiger partial charge in [-0.15, -0.1) is 0 Å². The maximum absolute atomic E-state index is 11.0. The van der Waals surface area contributed by atoms with Crippen LogP contribution in [0.25, 0.3) is 0 Å². The number of para-hydroxylation sites is 1. The Morgan fingerprint density at radius 3 is 2.56 bits per heavy atom. The molecule has 0 saturated carbocycles. The van der Waals surface area contributed by atoms with Crippen molar-refractivity contribution in [1.29, 1.82) is 0 Å². The molecule has 1 aromatic rings. The van der Waals surface area contributed by atoms with Crippen molar-refractivity contribution in [3.05, 3.63) is 29.3 Å². The van der Waals surface area contributed by atoms with E-state index in [2.05, 4.69) is 4.74 Å². The first-order chi connectivity index (χ1) is 7.59. The van der Waals surface area contributed by atoms with Crippen molar-refractivity contribution >= 4 is 23.5 Å². The third-order valence-corrected chi connectivity index (χ3v) is 1.87. The Labute approximate surface area is 97.1 Å². The summed E-state index contributed by atoms with van der Waals surface area (Å²) >= 11 is 5.78. The van der Waals surface area contributed by atoms with Gasteiger partial charge < -0.3 is 15.2 Å². The summed E-state index contributed by atoms with van der Waals surface area (Å²) in [7, 11) is 0. The molecular weight excluding hydrogens is 234 g/mol. The molecule has 0 saturated heterocycles. The van der Waals surface area contributed by atoms with Crippen LogP contribution in [0.5, 0.6) is 5.75 Å². The molecule has 0 spiro atoms. The number of esters is 1. The zero-order chi connectivity index (χ0) is 12.0. The first-order valence-electron chi connectivity index (χ1n) is 4.41. The van der Waals surface area contributed by atoms with E-state index < -0.39 is 18.5 Å². The molecule has 1 amide bonds. The molecule has 0 heterocycles. The van der Waals surface area contributed by atoms with E-state index in [-0.39, 0.29) is 6.61 Å². The molecule has 0 aliphatic rings. The molecule has 2 N–H and O–H groups in total. The summed E-state index contributed by atoms with van der Waals surface area (Å²) in [6.45, 7) is -0.776. The minimum absolute atomic E-state index is 0.322. The highest BCUT2D eigenvalue weighted by atomic mass is 35.5. The van der Waals surface area contributed by atoms with Crippen LogP contribution in [0.3, 0.4) is 0 Å². The summed E-state index contributed by atoms with van der Waals surface area (Å²) in [5.41, 5.74) is 4.79. The van der Waals surface area contributed by atoms with Crippen molar-refractivity contribution in [1.82, 2.24) is 0 Å². The molecule has 0 fully saturated rings. The quantitative estimate of drug-likeness (QED) is 0.774. The SMILES string of the molecule is NC(=O)COC(=O)COc1ccccc1Cl. The van der Waals surface area contributed by atoms with E-state index in [0.717, 1.165) is 0 Å². The van der Waals surface area contributed by atoms with Crippen LogP contribution >= 0.6 is 11.6 Å². The van der Waals surface area contributed by atoms with E-state index in [4.69, 9.17) is 22.1 Å². The van der Waals surface area contributed by atoms with E-state index in [0.29, 0.717) is 10.8 Å². The maximum atomic E-state index is 11.0. The zero-order valence-corrected chi connectivity index (χ0v) is 9.07. The minimum atomic E-state index is -0.717. The fourth-order valence-corrected chi connectivity index (χ4v) is 1.08. The third-order valence-electron chi connectivity index (χ3n) is 1.56. The van der Waals surface area contributed by atoms with Crippen LogP contribution in [0.2, 0.25) is 5.02 Å². The molecule has 5 nitrogen and oxygen atoms in total. The molecule has 1 rings (SSSR count). The van der Waals surface area contributed by atoms with Crippen LogP contribution in [0, 0.1) is 0 Å². The number of benzene rings is 1. The highest BCUT2D eigenvalue weighted by Crippen LogP contribution is 2.22. The largest absolute Gasteiger partial charge is 0.480 e. The summed E-state index contributed by atoms with van der Waals surface area (Å²) in [6.07, 6.45) is 0. The van der Waals surface area contributed by atoms with Crippen LogP contribution in [-0.2, 0) is 14.3 Å². The van der Waals surface area contributed by atoms with Gasteiger partial charge in [0.1, 0.15) is 5.75 Å². The number of nitrogens with two attached hydrogens (primary N) is 1. The van der Waals surface area contributed by atoms with Crippen LogP contribution in [0.4, 0.5) is 0 Å². The standard InChI is InChI=1S/C10H10ClNO4/c11-7-3-1-2-4-8(7)15-6-10(14)16-5-9(12)13/h1-4H,5-6H2,(H2,12,13). The van der Waals surface area contributed by atoms with Gasteiger partial charge in [-0.25, -0.2) is 4.79 Å². The van der Waals surface area contributed by atoms with Gasteiger partial charge in [0.05, 0.1) is 5.02 Å². The van der Waals surface area contributed by atoms with Crippen molar-refractivity contribution in [2.24, 2.45) is 5.73 Å². The molecule has 86 valence electrons. The summed E-state index contributed by atoms with van der Waals surface area (Å²) in [5.74, 6) is -1.02. The smallest absolute Gasteiger partial charge is 0.344 e.